The lowest BCUT2D eigenvalue weighted by Gasteiger charge is -2.25. The van der Waals surface area contributed by atoms with Crippen LogP contribution >= 0.6 is 0 Å². The van der Waals surface area contributed by atoms with E-state index in [1.165, 1.54) is 24.0 Å². The third kappa shape index (κ3) is 3.88. The highest BCUT2D eigenvalue weighted by Crippen LogP contribution is 2.20. The number of carboxylic acids is 1. The number of aliphatic carboxylic acids is 1. The fraction of sp³-hybridized carbons (Fsp3) is 0.429. The highest BCUT2D eigenvalue weighted by molar-refractivity contribution is 5.92. The Balaban J connectivity index is 2.80. The number of rotatable bonds is 5. The summed E-state index contributed by atoms with van der Waals surface area (Å²) >= 11 is 0. The predicted molar refractivity (Wildman–Crippen MR) is 75.9 cm³/mol. The Morgan fingerprint density at radius 2 is 2.00 bits per heavy atom. The van der Waals surface area contributed by atoms with E-state index in [9.17, 15) is 14.7 Å². The van der Waals surface area contributed by atoms with Crippen molar-refractivity contribution in [1.82, 2.24) is 5.32 Å². The molecule has 0 bridgehead atoms. The molecule has 2 atom stereocenters. The molecule has 1 rings (SSSR count). The number of anilines is 1. The smallest absolute Gasteiger partial charge is 0.322 e. The summed E-state index contributed by atoms with van der Waals surface area (Å²) in [4.78, 5) is 24.5. The number of phenolic OH excluding ortho intramolecular Hbond substituents is 1. The van der Waals surface area contributed by atoms with Gasteiger partial charge in [-0.3, -0.25) is 9.69 Å². The Hall–Kier alpha value is -2.24. The number of hydrogen-bond donors (Lipinski definition) is 3. The van der Waals surface area contributed by atoms with Crippen molar-refractivity contribution in [3.8, 4) is 5.75 Å². The molecule has 0 aromatic heterocycles. The maximum Gasteiger partial charge on any atom is 0.322 e. The molecule has 6 heteroatoms. The molecule has 0 aliphatic rings. The van der Waals surface area contributed by atoms with E-state index in [1.54, 1.807) is 26.0 Å². The zero-order chi connectivity index (χ0) is 15.3. The molecule has 6 nitrogen and oxygen atoms in total. The van der Waals surface area contributed by atoms with Gasteiger partial charge >= 0.3 is 12.0 Å². The maximum atomic E-state index is 12.2. The second-order valence-electron chi connectivity index (χ2n) is 4.63. The molecule has 0 heterocycles. The minimum atomic E-state index is -0.960. The van der Waals surface area contributed by atoms with Crippen LogP contribution in [0.15, 0.2) is 24.3 Å². The van der Waals surface area contributed by atoms with Gasteiger partial charge in [0.15, 0.2) is 0 Å². The Kier molecular flexibility index (Phi) is 5.37. The van der Waals surface area contributed by atoms with Gasteiger partial charge in [0.05, 0.1) is 5.92 Å². The first kappa shape index (κ1) is 15.8. The van der Waals surface area contributed by atoms with Gasteiger partial charge in [-0.15, -0.1) is 0 Å². The molecule has 3 N–H and O–H groups in total. The fourth-order valence-electron chi connectivity index (χ4n) is 1.72. The number of phenols is 1. The Morgan fingerprint density at radius 3 is 2.50 bits per heavy atom. The molecule has 0 aliphatic heterocycles. The second kappa shape index (κ2) is 6.79. The largest absolute Gasteiger partial charge is 0.508 e. The van der Waals surface area contributed by atoms with E-state index in [1.807, 2.05) is 0 Å². The van der Waals surface area contributed by atoms with Crippen LogP contribution in [0.1, 0.15) is 20.8 Å². The van der Waals surface area contributed by atoms with E-state index >= 15 is 0 Å². The molecule has 0 saturated carbocycles. The summed E-state index contributed by atoms with van der Waals surface area (Å²) in [5.74, 6) is -1.57. The lowest BCUT2D eigenvalue weighted by molar-refractivity contribution is -0.141. The van der Waals surface area contributed by atoms with Crippen LogP contribution in [0.4, 0.5) is 10.5 Å². The maximum absolute atomic E-state index is 12.2. The molecular formula is C14H20N2O4. The molecule has 20 heavy (non-hydrogen) atoms. The Labute approximate surface area is 118 Å². The van der Waals surface area contributed by atoms with Gasteiger partial charge in [-0.2, -0.15) is 0 Å². The normalized spacial score (nSPS) is 13.3. The summed E-state index contributed by atoms with van der Waals surface area (Å²) in [7, 11) is 0. The summed E-state index contributed by atoms with van der Waals surface area (Å²) in [6, 6.07) is 5.46. The van der Waals surface area contributed by atoms with Crippen LogP contribution in [-0.2, 0) is 4.79 Å². The zero-order valence-corrected chi connectivity index (χ0v) is 11.8. The average molecular weight is 280 g/mol. The Morgan fingerprint density at radius 1 is 1.35 bits per heavy atom. The van der Waals surface area contributed by atoms with Crippen molar-refractivity contribution in [1.29, 1.82) is 0 Å². The van der Waals surface area contributed by atoms with Gasteiger partial charge in [0.1, 0.15) is 5.75 Å². The number of nitrogens with zero attached hydrogens (tertiary/aromatic N) is 1. The van der Waals surface area contributed by atoms with Crippen LogP contribution in [0.3, 0.4) is 0 Å². The number of urea groups is 1. The van der Waals surface area contributed by atoms with Crippen LogP contribution in [0.25, 0.3) is 0 Å². The summed E-state index contributed by atoms with van der Waals surface area (Å²) < 4.78 is 0. The molecule has 0 aliphatic carbocycles. The molecule has 110 valence electrons. The monoisotopic (exact) mass is 280 g/mol. The number of carbonyl (C=O) groups is 2. The number of amides is 2. The first-order valence-corrected chi connectivity index (χ1v) is 6.46. The quantitative estimate of drug-likeness (QED) is 0.770. The molecule has 0 spiro atoms. The summed E-state index contributed by atoms with van der Waals surface area (Å²) in [6.45, 7) is 5.39. The van der Waals surface area contributed by atoms with E-state index in [4.69, 9.17) is 5.11 Å². The molecule has 2 amide bonds. The van der Waals surface area contributed by atoms with Gasteiger partial charge < -0.3 is 15.5 Å². The van der Waals surface area contributed by atoms with Crippen molar-refractivity contribution in [3.05, 3.63) is 24.3 Å². The molecule has 0 fully saturated rings. The van der Waals surface area contributed by atoms with Crippen LogP contribution < -0.4 is 10.2 Å². The fourth-order valence-corrected chi connectivity index (χ4v) is 1.72. The number of carboxylic acid groups (broad SMARTS) is 1. The van der Waals surface area contributed by atoms with Crippen molar-refractivity contribution in [2.45, 2.75) is 26.8 Å². The highest BCUT2D eigenvalue weighted by Gasteiger charge is 2.23. The van der Waals surface area contributed by atoms with Crippen molar-refractivity contribution < 1.29 is 19.8 Å². The number of benzene rings is 1. The van der Waals surface area contributed by atoms with Gasteiger partial charge in [-0.1, -0.05) is 6.07 Å². The van der Waals surface area contributed by atoms with E-state index in [0.717, 1.165) is 0 Å². The molecular weight excluding hydrogens is 260 g/mol. The first-order chi connectivity index (χ1) is 9.36. The van der Waals surface area contributed by atoms with Gasteiger partial charge in [0.2, 0.25) is 0 Å². The van der Waals surface area contributed by atoms with Crippen molar-refractivity contribution >= 4 is 17.7 Å². The van der Waals surface area contributed by atoms with Gasteiger partial charge in [0, 0.05) is 24.3 Å². The van der Waals surface area contributed by atoms with E-state index in [-0.39, 0.29) is 5.75 Å². The highest BCUT2D eigenvalue weighted by atomic mass is 16.4. The SMILES string of the molecule is CCN(C(=O)NC(C)C(C)C(=O)O)c1cccc(O)c1. The third-order valence-electron chi connectivity index (χ3n) is 3.19. The van der Waals surface area contributed by atoms with E-state index in [2.05, 4.69) is 5.32 Å². The van der Waals surface area contributed by atoms with Gasteiger partial charge in [-0.05, 0) is 32.9 Å². The summed E-state index contributed by atoms with van der Waals surface area (Å²) in [5.41, 5.74) is 0.556. The average Bonchev–Trinajstić information content (AvgIpc) is 2.38. The minimum Gasteiger partial charge on any atom is -0.508 e. The molecule has 0 radical (unpaired) electrons. The standard InChI is InChI=1S/C14H20N2O4/c1-4-16(11-6-5-7-12(17)8-11)14(20)15-10(3)9(2)13(18)19/h5-10,17H,4H2,1-3H3,(H,15,20)(H,18,19). The van der Waals surface area contributed by atoms with Gasteiger partial charge in [0.25, 0.3) is 0 Å². The molecule has 0 saturated heterocycles. The van der Waals surface area contributed by atoms with E-state index < -0.39 is 24.0 Å². The zero-order valence-electron chi connectivity index (χ0n) is 11.8. The lowest BCUT2D eigenvalue weighted by Crippen LogP contribution is -2.47. The predicted octanol–water partition coefficient (Wildman–Crippen LogP) is 2.04. The number of hydrogen-bond acceptors (Lipinski definition) is 3. The molecule has 1 aromatic carbocycles. The molecule has 2 unspecified atom stereocenters. The van der Waals surface area contributed by atoms with Crippen LogP contribution in [0, 0.1) is 5.92 Å². The number of aromatic hydroxyl groups is 1. The summed E-state index contributed by atoms with van der Waals surface area (Å²) in [5, 5.41) is 21.0. The third-order valence-corrected chi connectivity index (χ3v) is 3.19. The Bertz CT molecular complexity index is 490. The minimum absolute atomic E-state index is 0.0701. The van der Waals surface area contributed by atoms with E-state index in [0.29, 0.717) is 12.2 Å². The lowest BCUT2D eigenvalue weighted by atomic mass is 10.0. The van der Waals surface area contributed by atoms with Gasteiger partial charge in [-0.25, -0.2) is 4.79 Å². The number of nitrogens with one attached hydrogen (secondary N) is 1. The van der Waals surface area contributed by atoms with Crippen molar-refractivity contribution in [3.63, 3.8) is 0 Å². The summed E-state index contributed by atoms with van der Waals surface area (Å²) in [6.07, 6.45) is 0. The topological polar surface area (TPSA) is 89.9 Å². The number of carbonyl (C=O) groups excluding carboxylic acids is 1. The van der Waals surface area contributed by atoms with Crippen LogP contribution in [-0.4, -0.2) is 34.8 Å². The molecule has 1 aromatic rings. The van der Waals surface area contributed by atoms with Crippen LogP contribution in [0.2, 0.25) is 0 Å². The van der Waals surface area contributed by atoms with Crippen LogP contribution in [0.5, 0.6) is 5.75 Å². The van der Waals surface area contributed by atoms with Crippen molar-refractivity contribution in [2.24, 2.45) is 5.92 Å². The second-order valence-corrected chi connectivity index (χ2v) is 4.63. The van der Waals surface area contributed by atoms with Crippen molar-refractivity contribution in [2.75, 3.05) is 11.4 Å². The first-order valence-electron chi connectivity index (χ1n) is 6.46.